The fourth-order valence-electron chi connectivity index (χ4n) is 3.20. The van der Waals surface area contributed by atoms with E-state index in [-0.39, 0.29) is 36.6 Å². The topological polar surface area (TPSA) is 63.4 Å². The molecule has 1 aliphatic heterocycles. The number of nitrogens with zero attached hydrogens (tertiary/aromatic N) is 1. The molecule has 1 fully saturated rings. The van der Waals surface area contributed by atoms with E-state index in [9.17, 15) is 14.0 Å². The average molecular weight is 357 g/mol. The van der Waals surface area contributed by atoms with E-state index in [1.54, 1.807) is 13.0 Å². The van der Waals surface area contributed by atoms with E-state index < -0.39 is 11.7 Å². The van der Waals surface area contributed by atoms with E-state index >= 15 is 0 Å². The van der Waals surface area contributed by atoms with Gasteiger partial charge in [-0.15, -0.1) is 12.4 Å². The quantitative estimate of drug-likeness (QED) is 0.825. The summed E-state index contributed by atoms with van der Waals surface area (Å²) >= 11 is 0. The van der Waals surface area contributed by atoms with Crippen molar-refractivity contribution in [3.63, 3.8) is 0 Å². The Hall–Kier alpha value is -1.46. The maximum absolute atomic E-state index is 13.2. The molecule has 3 unspecified atom stereocenters. The Kier molecular flexibility index (Phi) is 7.84. The number of Topliss-reactive ketones (excluding diaryl/α,β-unsaturated/α-hetero) is 1. The molecule has 0 bridgehead atoms. The Balaban J connectivity index is 0.00000288. The second kappa shape index (κ2) is 9.14. The molecule has 2 N–H and O–H groups in total. The van der Waals surface area contributed by atoms with Gasteiger partial charge in [0.15, 0.2) is 5.78 Å². The number of carbonyl (C=O) groups is 2. The summed E-state index contributed by atoms with van der Waals surface area (Å²) in [4.78, 5) is 26.7. The van der Waals surface area contributed by atoms with Crippen molar-refractivity contribution in [2.45, 2.75) is 39.2 Å². The monoisotopic (exact) mass is 356 g/mol. The molecule has 1 aliphatic rings. The lowest BCUT2D eigenvalue weighted by atomic mass is 9.90. The number of benzene rings is 1. The number of rotatable bonds is 5. The lowest BCUT2D eigenvalue weighted by molar-refractivity contribution is -0.135. The Bertz CT molecular complexity index is 582. The smallest absolute Gasteiger partial charge is 0.223 e. The number of likely N-dealkylation sites (tertiary alicyclic amines) is 1. The van der Waals surface area contributed by atoms with Crippen LogP contribution in [0.15, 0.2) is 24.3 Å². The van der Waals surface area contributed by atoms with Crippen molar-refractivity contribution in [1.29, 1.82) is 0 Å². The molecule has 1 saturated heterocycles. The molecule has 0 radical (unpaired) electrons. The predicted molar refractivity (Wildman–Crippen MR) is 94.7 cm³/mol. The highest BCUT2D eigenvalue weighted by Crippen LogP contribution is 2.24. The molecule has 0 aliphatic carbocycles. The number of ketones is 1. The maximum Gasteiger partial charge on any atom is 0.223 e. The Morgan fingerprint density at radius 2 is 2.12 bits per heavy atom. The highest BCUT2D eigenvalue weighted by molar-refractivity contribution is 5.99. The molecule has 1 aromatic carbocycles. The Morgan fingerprint density at radius 3 is 2.75 bits per heavy atom. The van der Waals surface area contributed by atoms with Gasteiger partial charge in [0.2, 0.25) is 5.91 Å². The zero-order valence-corrected chi connectivity index (χ0v) is 15.0. The van der Waals surface area contributed by atoms with Crippen LogP contribution in [0, 0.1) is 17.7 Å². The zero-order chi connectivity index (χ0) is 17.0. The lowest BCUT2D eigenvalue weighted by Crippen LogP contribution is -2.49. The Labute approximate surface area is 149 Å². The van der Waals surface area contributed by atoms with Crippen LogP contribution in [0.1, 0.15) is 43.5 Å². The van der Waals surface area contributed by atoms with Crippen molar-refractivity contribution in [3.8, 4) is 0 Å². The van der Waals surface area contributed by atoms with Gasteiger partial charge in [-0.05, 0) is 30.9 Å². The number of amides is 1. The maximum atomic E-state index is 13.2. The molecule has 0 saturated carbocycles. The standard InChI is InChI=1S/C18H25FN2O2.ClH/c1-12-6-7-21(16(8-12)11-20)17(22)9-13(2)18(23)14-4-3-5-15(19)10-14;/h3-5,10,12-13,16H,6-9,11,20H2,1-2H3;1H. The number of hydrogen-bond acceptors (Lipinski definition) is 3. The van der Waals surface area contributed by atoms with Crippen LogP contribution in [0.5, 0.6) is 0 Å². The third-order valence-corrected chi connectivity index (χ3v) is 4.61. The first-order chi connectivity index (χ1) is 10.9. The summed E-state index contributed by atoms with van der Waals surface area (Å²) in [6.07, 6.45) is 2.02. The molecule has 3 atom stereocenters. The third kappa shape index (κ3) is 5.02. The molecule has 6 heteroatoms. The predicted octanol–water partition coefficient (Wildman–Crippen LogP) is 3.04. The normalized spacial score (nSPS) is 21.8. The van der Waals surface area contributed by atoms with E-state index in [0.29, 0.717) is 24.6 Å². The molecule has 2 rings (SSSR count). The molecule has 134 valence electrons. The van der Waals surface area contributed by atoms with Crippen LogP contribution in [-0.4, -0.2) is 35.7 Å². The van der Waals surface area contributed by atoms with Crippen LogP contribution in [-0.2, 0) is 4.79 Å². The van der Waals surface area contributed by atoms with Gasteiger partial charge in [0, 0.05) is 37.0 Å². The number of halogens is 2. The average Bonchev–Trinajstić information content (AvgIpc) is 2.53. The SMILES string of the molecule is CC1CCN(C(=O)CC(C)C(=O)c2cccc(F)c2)C(CN)C1.Cl. The summed E-state index contributed by atoms with van der Waals surface area (Å²) in [7, 11) is 0. The molecule has 0 spiro atoms. The highest BCUT2D eigenvalue weighted by Gasteiger charge is 2.30. The van der Waals surface area contributed by atoms with Gasteiger partial charge in [0.1, 0.15) is 5.82 Å². The zero-order valence-electron chi connectivity index (χ0n) is 14.2. The molecule has 4 nitrogen and oxygen atoms in total. The molecular weight excluding hydrogens is 331 g/mol. The van der Waals surface area contributed by atoms with Crippen LogP contribution in [0.4, 0.5) is 4.39 Å². The van der Waals surface area contributed by atoms with E-state index in [2.05, 4.69) is 6.92 Å². The number of carbonyl (C=O) groups excluding carboxylic acids is 2. The van der Waals surface area contributed by atoms with Crippen molar-refractivity contribution in [3.05, 3.63) is 35.6 Å². The van der Waals surface area contributed by atoms with Crippen LogP contribution < -0.4 is 5.73 Å². The van der Waals surface area contributed by atoms with Crippen molar-refractivity contribution in [1.82, 2.24) is 4.90 Å². The van der Waals surface area contributed by atoms with E-state index in [1.165, 1.54) is 18.2 Å². The molecule has 24 heavy (non-hydrogen) atoms. The van der Waals surface area contributed by atoms with Gasteiger partial charge in [-0.2, -0.15) is 0 Å². The van der Waals surface area contributed by atoms with Crippen molar-refractivity contribution < 1.29 is 14.0 Å². The largest absolute Gasteiger partial charge is 0.338 e. The van der Waals surface area contributed by atoms with Crippen molar-refractivity contribution >= 4 is 24.1 Å². The van der Waals surface area contributed by atoms with Gasteiger partial charge in [-0.3, -0.25) is 9.59 Å². The van der Waals surface area contributed by atoms with Gasteiger partial charge in [0.25, 0.3) is 0 Å². The second-order valence-electron chi connectivity index (χ2n) is 6.59. The Morgan fingerprint density at radius 1 is 1.42 bits per heavy atom. The summed E-state index contributed by atoms with van der Waals surface area (Å²) < 4.78 is 13.2. The van der Waals surface area contributed by atoms with Crippen LogP contribution in [0.2, 0.25) is 0 Å². The van der Waals surface area contributed by atoms with Gasteiger partial charge in [-0.1, -0.05) is 26.0 Å². The first-order valence-corrected chi connectivity index (χ1v) is 8.21. The summed E-state index contributed by atoms with van der Waals surface area (Å²) in [5.74, 6) is -0.583. The fourth-order valence-corrected chi connectivity index (χ4v) is 3.20. The number of piperidine rings is 1. The number of nitrogens with two attached hydrogens (primary N) is 1. The van der Waals surface area contributed by atoms with Crippen LogP contribution in [0.3, 0.4) is 0 Å². The van der Waals surface area contributed by atoms with Crippen molar-refractivity contribution in [2.75, 3.05) is 13.1 Å². The minimum Gasteiger partial charge on any atom is -0.338 e. The summed E-state index contributed by atoms with van der Waals surface area (Å²) in [5.41, 5.74) is 6.10. The molecule has 1 heterocycles. The first kappa shape index (κ1) is 20.6. The molecule has 1 aromatic rings. The summed E-state index contributed by atoms with van der Waals surface area (Å²) in [6.45, 7) is 5.03. The van der Waals surface area contributed by atoms with Crippen LogP contribution in [0.25, 0.3) is 0 Å². The molecule has 1 amide bonds. The third-order valence-electron chi connectivity index (χ3n) is 4.61. The summed E-state index contributed by atoms with van der Waals surface area (Å²) in [6, 6.07) is 5.66. The van der Waals surface area contributed by atoms with Gasteiger partial charge in [-0.25, -0.2) is 4.39 Å². The van der Waals surface area contributed by atoms with E-state index in [4.69, 9.17) is 5.73 Å². The first-order valence-electron chi connectivity index (χ1n) is 8.21. The van der Waals surface area contributed by atoms with Gasteiger partial charge in [0.05, 0.1) is 0 Å². The van der Waals surface area contributed by atoms with Gasteiger partial charge >= 0.3 is 0 Å². The number of hydrogen-bond donors (Lipinski definition) is 1. The molecular formula is C18H26ClFN2O2. The lowest BCUT2D eigenvalue weighted by Gasteiger charge is -2.38. The van der Waals surface area contributed by atoms with E-state index in [0.717, 1.165) is 12.8 Å². The second-order valence-corrected chi connectivity index (χ2v) is 6.59. The summed E-state index contributed by atoms with van der Waals surface area (Å²) in [5, 5.41) is 0. The fraction of sp³-hybridized carbons (Fsp3) is 0.556. The van der Waals surface area contributed by atoms with Crippen LogP contribution >= 0.6 is 12.4 Å². The molecule has 0 aromatic heterocycles. The minimum atomic E-state index is -0.470. The van der Waals surface area contributed by atoms with Gasteiger partial charge < -0.3 is 10.6 Å². The van der Waals surface area contributed by atoms with Crippen molar-refractivity contribution in [2.24, 2.45) is 17.6 Å². The highest BCUT2D eigenvalue weighted by atomic mass is 35.5. The minimum absolute atomic E-state index is 0. The van der Waals surface area contributed by atoms with E-state index in [1.807, 2.05) is 4.90 Å².